The normalized spacial score (nSPS) is 10.6. The van der Waals surface area contributed by atoms with E-state index in [0.29, 0.717) is 11.1 Å². The third-order valence-electron chi connectivity index (χ3n) is 2.81. The average molecular weight is 287 g/mol. The highest BCUT2D eigenvalue weighted by Gasteiger charge is 2.13. The third-order valence-corrected chi connectivity index (χ3v) is 2.81. The predicted molar refractivity (Wildman–Crippen MR) is 71.1 cm³/mol. The van der Waals surface area contributed by atoms with Crippen molar-refractivity contribution in [3.63, 3.8) is 0 Å². The number of hydrogen-bond donors (Lipinski definition) is 1. The number of ether oxygens (including phenoxy) is 1. The molecule has 0 unspecified atom stereocenters. The fourth-order valence-electron chi connectivity index (χ4n) is 1.80. The number of aromatic hydroxyl groups is 1. The fourth-order valence-corrected chi connectivity index (χ4v) is 1.80. The van der Waals surface area contributed by atoms with Gasteiger partial charge < -0.3 is 14.4 Å². The van der Waals surface area contributed by atoms with Crippen molar-refractivity contribution in [2.75, 3.05) is 7.11 Å². The van der Waals surface area contributed by atoms with Crippen LogP contribution in [0.5, 0.6) is 11.5 Å². The molecule has 0 atom stereocenters. The first-order valence-corrected chi connectivity index (χ1v) is 5.99. The van der Waals surface area contributed by atoms with Crippen molar-refractivity contribution < 1.29 is 18.8 Å². The average Bonchev–Trinajstić information content (AvgIpc) is 2.97. The zero-order chi connectivity index (χ0) is 14.8. The molecule has 1 N–H and O–H groups in total. The van der Waals surface area contributed by atoms with Crippen LogP contribution in [0.25, 0.3) is 22.8 Å². The standard InChI is InChI=1S/C14H10FN3O3/c1-20-12-5-8(2-3-11(12)15)13-17-14(21-18-13)9-4-10(19)7-16-6-9/h2-7,19H,1H3. The zero-order valence-electron chi connectivity index (χ0n) is 10.9. The SMILES string of the molecule is COc1cc(-c2noc(-c3cncc(O)c3)n2)ccc1F. The van der Waals surface area contributed by atoms with Crippen LogP contribution in [0, 0.1) is 5.82 Å². The minimum atomic E-state index is -0.470. The lowest BCUT2D eigenvalue weighted by Gasteiger charge is -2.02. The summed E-state index contributed by atoms with van der Waals surface area (Å²) in [5.41, 5.74) is 1.04. The minimum absolute atomic E-state index is 0.00398. The van der Waals surface area contributed by atoms with Crippen molar-refractivity contribution in [1.82, 2.24) is 15.1 Å². The van der Waals surface area contributed by atoms with Gasteiger partial charge in [0.1, 0.15) is 5.75 Å². The molecule has 0 fully saturated rings. The molecule has 3 rings (SSSR count). The Labute approximate surface area is 118 Å². The molecule has 2 aromatic heterocycles. The predicted octanol–water partition coefficient (Wildman–Crippen LogP) is 2.65. The van der Waals surface area contributed by atoms with Crippen LogP contribution in [0.1, 0.15) is 0 Å². The Morgan fingerprint density at radius 3 is 2.81 bits per heavy atom. The molecule has 0 radical (unpaired) electrons. The van der Waals surface area contributed by atoms with Gasteiger partial charge in [-0.05, 0) is 24.3 Å². The van der Waals surface area contributed by atoms with Gasteiger partial charge in [0, 0.05) is 11.8 Å². The molecule has 6 nitrogen and oxygen atoms in total. The molecule has 0 aliphatic rings. The molecular weight excluding hydrogens is 277 g/mol. The maximum absolute atomic E-state index is 13.4. The van der Waals surface area contributed by atoms with E-state index in [4.69, 9.17) is 9.26 Å². The van der Waals surface area contributed by atoms with Crippen molar-refractivity contribution in [2.45, 2.75) is 0 Å². The highest BCUT2D eigenvalue weighted by atomic mass is 19.1. The van der Waals surface area contributed by atoms with E-state index in [0.717, 1.165) is 0 Å². The van der Waals surface area contributed by atoms with E-state index < -0.39 is 5.82 Å². The molecular formula is C14H10FN3O3. The summed E-state index contributed by atoms with van der Waals surface area (Å²) in [6.07, 6.45) is 2.79. The number of benzene rings is 1. The molecule has 0 saturated carbocycles. The fraction of sp³-hybridized carbons (Fsp3) is 0.0714. The molecule has 1 aromatic carbocycles. The number of hydrogen-bond acceptors (Lipinski definition) is 6. The molecule has 0 saturated heterocycles. The maximum Gasteiger partial charge on any atom is 0.259 e. The summed E-state index contributed by atoms with van der Waals surface area (Å²) in [7, 11) is 1.38. The second-order valence-corrected chi connectivity index (χ2v) is 4.20. The van der Waals surface area contributed by atoms with Crippen LogP contribution in [-0.2, 0) is 0 Å². The van der Waals surface area contributed by atoms with Gasteiger partial charge in [0.2, 0.25) is 5.82 Å². The van der Waals surface area contributed by atoms with Gasteiger partial charge in [-0.1, -0.05) is 5.16 Å². The maximum atomic E-state index is 13.4. The van der Waals surface area contributed by atoms with Crippen molar-refractivity contribution in [3.8, 4) is 34.3 Å². The van der Waals surface area contributed by atoms with Crippen LogP contribution in [-0.4, -0.2) is 27.3 Å². The molecule has 7 heteroatoms. The van der Waals surface area contributed by atoms with Gasteiger partial charge in [0.15, 0.2) is 11.6 Å². The van der Waals surface area contributed by atoms with Gasteiger partial charge in [-0.15, -0.1) is 0 Å². The Balaban J connectivity index is 1.98. The van der Waals surface area contributed by atoms with Gasteiger partial charge >= 0.3 is 0 Å². The Bertz CT molecular complexity index is 789. The van der Waals surface area contributed by atoms with E-state index >= 15 is 0 Å². The van der Waals surface area contributed by atoms with Crippen molar-refractivity contribution in [3.05, 3.63) is 42.5 Å². The summed E-state index contributed by atoms with van der Waals surface area (Å²) >= 11 is 0. The Kier molecular flexibility index (Phi) is 3.23. The van der Waals surface area contributed by atoms with Gasteiger partial charge in [-0.2, -0.15) is 4.98 Å². The Hall–Kier alpha value is -2.96. The highest BCUT2D eigenvalue weighted by Crippen LogP contribution is 2.27. The molecule has 0 bridgehead atoms. The summed E-state index contributed by atoms with van der Waals surface area (Å²) in [6.45, 7) is 0. The van der Waals surface area contributed by atoms with Crippen LogP contribution >= 0.6 is 0 Å². The van der Waals surface area contributed by atoms with Gasteiger partial charge in [0.05, 0.1) is 18.9 Å². The van der Waals surface area contributed by atoms with Crippen LogP contribution < -0.4 is 4.74 Å². The number of aromatic nitrogens is 3. The number of halogens is 1. The summed E-state index contributed by atoms with van der Waals surface area (Å²) in [5.74, 6) is 0.110. The number of rotatable bonds is 3. The summed E-state index contributed by atoms with van der Waals surface area (Å²) in [6, 6.07) is 5.72. The van der Waals surface area contributed by atoms with E-state index in [1.165, 1.54) is 43.8 Å². The van der Waals surface area contributed by atoms with Crippen LogP contribution in [0.3, 0.4) is 0 Å². The van der Waals surface area contributed by atoms with Crippen molar-refractivity contribution in [2.24, 2.45) is 0 Å². The van der Waals surface area contributed by atoms with E-state index in [2.05, 4.69) is 15.1 Å². The number of methoxy groups -OCH3 is 1. The highest BCUT2D eigenvalue weighted by molar-refractivity contribution is 5.61. The molecule has 0 aliphatic carbocycles. The van der Waals surface area contributed by atoms with Crippen molar-refractivity contribution in [1.29, 1.82) is 0 Å². The molecule has 0 amide bonds. The van der Waals surface area contributed by atoms with E-state index in [1.807, 2.05) is 0 Å². The van der Waals surface area contributed by atoms with Gasteiger partial charge in [-0.3, -0.25) is 4.98 Å². The zero-order valence-corrected chi connectivity index (χ0v) is 10.9. The van der Waals surface area contributed by atoms with Gasteiger partial charge in [-0.25, -0.2) is 4.39 Å². The first kappa shape index (κ1) is 13.0. The summed E-state index contributed by atoms with van der Waals surface area (Å²) in [4.78, 5) is 8.02. The molecule has 3 aromatic rings. The Morgan fingerprint density at radius 2 is 2.05 bits per heavy atom. The molecule has 106 valence electrons. The molecule has 0 spiro atoms. The lowest BCUT2D eigenvalue weighted by Crippen LogP contribution is -1.89. The second-order valence-electron chi connectivity index (χ2n) is 4.20. The third kappa shape index (κ3) is 2.53. The van der Waals surface area contributed by atoms with Crippen molar-refractivity contribution >= 4 is 0 Å². The monoisotopic (exact) mass is 287 g/mol. The first-order valence-electron chi connectivity index (χ1n) is 5.99. The van der Waals surface area contributed by atoms with Gasteiger partial charge in [0.25, 0.3) is 5.89 Å². The smallest absolute Gasteiger partial charge is 0.259 e. The first-order chi connectivity index (χ1) is 10.2. The quantitative estimate of drug-likeness (QED) is 0.797. The number of pyridine rings is 1. The minimum Gasteiger partial charge on any atom is -0.506 e. The second kappa shape index (κ2) is 5.20. The van der Waals surface area contributed by atoms with E-state index in [1.54, 1.807) is 0 Å². The molecule has 0 aliphatic heterocycles. The van der Waals surface area contributed by atoms with Crippen LogP contribution in [0.15, 0.2) is 41.2 Å². The van der Waals surface area contributed by atoms with Crippen LogP contribution in [0.2, 0.25) is 0 Å². The van der Waals surface area contributed by atoms with E-state index in [9.17, 15) is 9.50 Å². The lowest BCUT2D eigenvalue weighted by molar-refractivity contribution is 0.386. The topological polar surface area (TPSA) is 81.3 Å². The molecule has 21 heavy (non-hydrogen) atoms. The van der Waals surface area contributed by atoms with Crippen LogP contribution in [0.4, 0.5) is 4.39 Å². The largest absolute Gasteiger partial charge is 0.506 e. The summed E-state index contributed by atoms with van der Waals surface area (Å²) < 4.78 is 23.4. The molecule has 2 heterocycles. The Morgan fingerprint density at radius 1 is 1.19 bits per heavy atom. The summed E-state index contributed by atoms with van der Waals surface area (Å²) in [5, 5.41) is 13.2. The van der Waals surface area contributed by atoms with E-state index in [-0.39, 0.29) is 23.2 Å². The number of nitrogens with zero attached hydrogens (tertiary/aromatic N) is 3. The lowest BCUT2D eigenvalue weighted by atomic mass is 10.2.